The predicted molar refractivity (Wildman–Crippen MR) is 79.9 cm³/mol. The molecule has 6 heteroatoms. The molecule has 0 aromatic heterocycles. The van der Waals surface area contributed by atoms with Gasteiger partial charge in [-0.1, -0.05) is 6.42 Å². The smallest absolute Gasteiger partial charge is 0.175 e. The van der Waals surface area contributed by atoms with E-state index in [0.29, 0.717) is 42.1 Å². The van der Waals surface area contributed by atoms with Crippen LogP contribution >= 0.6 is 0 Å². The average molecular weight is 311 g/mol. The van der Waals surface area contributed by atoms with Crippen LogP contribution in [-0.2, 0) is 16.3 Å². The third-order valence-corrected chi connectivity index (χ3v) is 5.18. The fourth-order valence-electron chi connectivity index (χ4n) is 2.98. The van der Waals surface area contributed by atoms with E-state index < -0.39 is 9.84 Å². The normalized spacial score (nSPS) is 22.0. The first-order valence-corrected chi connectivity index (χ1v) is 9.29. The van der Waals surface area contributed by atoms with Gasteiger partial charge >= 0.3 is 0 Å². The first-order chi connectivity index (χ1) is 10.0. The van der Waals surface area contributed by atoms with Gasteiger partial charge in [0.1, 0.15) is 13.2 Å². The van der Waals surface area contributed by atoms with Gasteiger partial charge in [0.15, 0.2) is 21.3 Å². The zero-order valence-electron chi connectivity index (χ0n) is 12.2. The summed E-state index contributed by atoms with van der Waals surface area (Å²) in [6.07, 6.45) is 5.42. The van der Waals surface area contributed by atoms with Gasteiger partial charge in [0.05, 0.1) is 4.90 Å². The van der Waals surface area contributed by atoms with Crippen LogP contribution in [0.2, 0.25) is 0 Å². The van der Waals surface area contributed by atoms with Crippen molar-refractivity contribution in [2.75, 3.05) is 26.0 Å². The lowest BCUT2D eigenvalue weighted by atomic mass is 9.97. The summed E-state index contributed by atoms with van der Waals surface area (Å²) in [5, 5.41) is 3.46. The van der Waals surface area contributed by atoms with Gasteiger partial charge in [-0.25, -0.2) is 8.42 Å². The van der Waals surface area contributed by atoms with Crippen molar-refractivity contribution in [3.05, 3.63) is 17.7 Å². The molecule has 1 N–H and O–H groups in total. The molecular formula is C15H21NO4S. The van der Waals surface area contributed by atoms with Crippen molar-refractivity contribution < 1.29 is 17.9 Å². The van der Waals surface area contributed by atoms with Crippen molar-refractivity contribution in [1.29, 1.82) is 0 Å². The van der Waals surface area contributed by atoms with Crippen LogP contribution in [0.5, 0.6) is 11.5 Å². The molecule has 1 atom stereocenters. The third kappa shape index (κ3) is 3.32. The number of hydrogen-bond acceptors (Lipinski definition) is 5. The Morgan fingerprint density at radius 3 is 2.52 bits per heavy atom. The van der Waals surface area contributed by atoms with Crippen LogP contribution in [-0.4, -0.2) is 40.5 Å². The van der Waals surface area contributed by atoms with Crippen molar-refractivity contribution in [2.45, 2.75) is 36.6 Å². The number of nitrogens with one attached hydrogen (secondary N) is 1. The van der Waals surface area contributed by atoms with Gasteiger partial charge in [0.25, 0.3) is 0 Å². The van der Waals surface area contributed by atoms with Crippen molar-refractivity contribution in [1.82, 2.24) is 5.32 Å². The summed E-state index contributed by atoms with van der Waals surface area (Å²) in [5.41, 5.74) is 0.821. The average Bonchev–Trinajstić information content (AvgIpc) is 2.46. The van der Waals surface area contributed by atoms with E-state index in [1.165, 1.54) is 19.1 Å². The van der Waals surface area contributed by atoms with Crippen LogP contribution in [0.15, 0.2) is 17.0 Å². The molecule has 2 aliphatic rings. The van der Waals surface area contributed by atoms with Crippen LogP contribution in [0.3, 0.4) is 0 Å². The van der Waals surface area contributed by atoms with Crippen LogP contribution in [0.25, 0.3) is 0 Å². The molecule has 116 valence electrons. The molecule has 3 rings (SSSR count). The molecule has 0 radical (unpaired) electrons. The molecule has 5 nitrogen and oxygen atoms in total. The minimum atomic E-state index is -3.28. The summed E-state index contributed by atoms with van der Waals surface area (Å²) < 4.78 is 35.2. The Hall–Kier alpha value is -1.27. The molecule has 0 amide bonds. The molecule has 1 aromatic rings. The zero-order valence-corrected chi connectivity index (χ0v) is 13.0. The fourth-order valence-corrected chi connectivity index (χ4v) is 3.92. The van der Waals surface area contributed by atoms with Crippen molar-refractivity contribution in [3.8, 4) is 11.5 Å². The molecule has 0 bridgehead atoms. The van der Waals surface area contributed by atoms with E-state index in [9.17, 15) is 8.42 Å². The molecule has 1 aromatic carbocycles. The van der Waals surface area contributed by atoms with Crippen LogP contribution in [0, 0.1) is 0 Å². The molecule has 1 unspecified atom stereocenters. The maximum atomic E-state index is 12.1. The lowest BCUT2D eigenvalue weighted by molar-refractivity contribution is 0.170. The lowest BCUT2D eigenvalue weighted by Gasteiger charge is -2.26. The Balaban J connectivity index is 1.96. The van der Waals surface area contributed by atoms with Crippen LogP contribution in [0.1, 0.15) is 24.8 Å². The molecule has 2 heterocycles. The molecule has 0 spiro atoms. The quantitative estimate of drug-likeness (QED) is 0.917. The van der Waals surface area contributed by atoms with Gasteiger partial charge in [-0.05, 0) is 37.4 Å². The van der Waals surface area contributed by atoms with E-state index in [2.05, 4.69) is 5.32 Å². The second-order valence-electron chi connectivity index (χ2n) is 5.73. The minimum absolute atomic E-state index is 0.335. The summed E-state index contributed by atoms with van der Waals surface area (Å²) in [6, 6.07) is 3.78. The number of fused-ring (bicyclic) bond motifs is 1. The first-order valence-electron chi connectivity index (χ1n) is 7.40. The molecule has 0 aliphatic carbocycles. The van der Waals surface area contributed by atoms with E-state index in [1.807, 2.05) is 6.07 Å². The summed E-state index contributed by atoms with van der Waals surface area (Å²) in [7, 11) is -3.28. The monoisotopic (exact) mass is 311 g/mol. The van der Waals surface area contributed by atoms with E-state index in [1.54, 1.807) is 6.07 Å². The van der Waals surface area contributed by atoms with Crippen molar-refractivity contribution >= 4 is 9.84 Å². The highest BCUT2D eigenvalue weighted by Crippen LogP contribution is 2.35. The Labute approximate surface area is 125 Å². The summed E-state index contributed by atoms with van der Waals surface area (Å²) in [4.78, 5) is 0.360. The summed E-state index contributed by atoms with van der Waals surface area (Å²) in [5.74, 6) is 1.18. The molecule has 0 saturated carbocycles. The van der Waals surface area contributed by atoms with Crippen LogP contribution in [0.4, 0.5) is 0 Å². The van der Waals surface area contributed by atoms with Crippen LogP contribution < -0.4 is 14.8 Å². The molecular weight excluding hydrogens is 290 g/mol. The number of sulfone groups is 1. The maximum Gasteiger partial charge on any atom is 0.175 e. The summed E-state index contributed by atoms with van der Waals surface area (Å²) in [6.45, 7) is 1.97. The standard InChI is InChI=1S/C15H21NO4S/c1-21(17,18)15-10-14-13(19-6-7-20-14)9-11(15)8-12-4-2-3-5-16-12/h9-10,12,16H,2-8H2,1H3. The van der Waals surface area contributed by atoms with Crippen molar-refractivity contribution in [3.63, 3.8) is 0 Å². The van der Waals surface area contributed by atoms with Crippen molar-refractivity contribution in [2.24, 2.45) is 0 Å². The predicted octanol–water partition coefficient (Wildman–Crippen LogP) is 1.55. The Morgan fingerprint density at radius 2 is 1.90 bits per heavy atom. The second kappa shape index (κ2) is 5.85. The van der Waals surface area contributed by atoms with E-state index >= 15 is 0 Å². The number of ether oxygens (including phenoxy) is 2. The topological polar surface area (TPSA) is 64.6 Å². The number of hydrogen-bond donors (Lipinski definition) is 1. The number of rotatable bonds is 3. The van der Waals surface area contributed by atoms with Gasteiger partial charge < -0.3 is 14.8 Å². The molecule has 1 fully saturated rings. The minimum Gasteiger partial charge on any atom is -0.486 e. The summed E-state index contributed by atoms with van der Waals surface area (Å²) >= 11 is 0. The van der Waals surface area contributed by atoms with Gasteiger partial charge in [-0.3, -0.25) is 0 Å². The van der Waals surface area contributed by atoms with E-state index in [-0.39, 0.29) is 0 Å². The Morgan fingerprint density at radius 1 is 1.19 bits per heavy atom. The van der Waals surface area contributed by atoms with E-state index in [0.717, 1.165) is 18.5 Å². The maximum absolute atomic E-state index is 12.1. The van der Waals surface area contributed by atoms with E-state index in [4.69, 9.17) is 9.47 Å². The largest absolute Gasteiger partial charge is 0.486 e. The highest BCUT2D eigenvalue weighted by Gasteiger charge is 2.23. The number of benzene rings is 1. The molecule has 1 saturated heterocycles. The van der Waals surface area contributed by atoms with Gasteiger partial charge in [-0.2, -0.15) is 0 Å². The number of piperidine rings is 1. The molecule has 2 aliphatic heterocycles. The molecule has 21 heavy (non-hydrogen) atoms. The van der Waals surface area contributed by atoms with Gasteiger partial charge in [-0.15, -0.1) is 0 Å². The Bertz CT molecular complexity index is 621. The van der Waals surface area contributed by atoms with Gasteiger partial charge in [0.2, 0.25) is 0 Å². The first kappa shape index (κ1) is 14.7. The van der Waals surface area contributed by atoms with Gasteiger partial charge in [0, 0.05) is 18.4 Å². The Kier molecular flexibility index (Phi) is 4.08. The SMILES string of the molecule is CS(=O)(=O)c1cc2c(cc1CC1CCCCN1)OCCO2. The highest BCUT2D eigenvalue weighted by molar-refractivity contribution is 7.90. The fraction of sp³-hybridized carbons (Fsp3) is 0.600. The second-order valence-corrected chi connectivity index (χ2v) is 7.71. The lowest BCUT2D eigenvalue weighted by Crippen LogP contribution is -2.36. The third-order valence-electron chi connectivity index (χ3n) is 4.00. The zero-order chi connectivity index (χ0) is 14.9. The highest BCUT2D eigenvalue weighted by atomic mass is 32.2.